The van der Waals surface area contributed by atoms with Gasteiger partial charge in [-0.1, -0.05) is 66.7 Å². The number of furan rings is 2. The van der Waals surface area contributed by atoms with Crippen LogP contribution in [0.15, 0.2) is 124 Å². The van der Waals surface area contributed by atoms with Crippen LogP contribution in [-0.2, 0) is 7.05 Å². The zero-order valence-corrected chi connectivity index (χ0v) is 22.7. The lowest BCUT2D eigenvalue weighted by Gasteiger charge is -2.07. The maximum Gasteiger partial charge on any atom is 0.298 e. The molecule has 0 fully saturated rings. The van der Waals surface area contributed by atoms with Crippen LogP contribution in [-0.4, -0.2) is 4.57 Å². The van der Waals surface area contributed by atoms with Crippen molar-refractivity contribution >= 4 is 65.7 Å². The first kappa shape index (κ1) is 22.5. The molecule has 0 spiro atoms. The molecule has 0 amide bonds. The molecule has 4 nitrogen and oxygen atoms in total. The van der Waals surface area contributed by atoms with Crippen LogP contribution in [0.1, 0.15) is 5.56 Å². The molecule has 9 rings (SSSR count). The van der Waals surface area contributed by atoms with Gasteiger partial charge in [0, 0.05) is 27.6 Å². The molecule has 0 N–H and O–H groups in total. The largest absolute Gasteiger partial charge is 0.456 e. The van der Waals surface area contributed by atoms with Crippen molar-refractivity contribution in [3.05, 3.63) is 121 Å². The molecule has 0 atom stereocenters. The number of aryl methyl sites for hydroxylation is 2. The second kappa shape index (κ2) is 8.09. The molecule has 0 aliphatic heterocycles. The number of benzene rings is 6. The molecule has 0 aliphatic carbocycles. The third-order valence-corrected chi connectivity index (χ3v) is 8.57. The van der Waals surface area contributed by atoms with Gasteiger partial charge in [-0.05, 0) is 65.7 Å². The fourth-order valence-electron chi connectivity index (χ4n) is 6.61. The molecular weight excluding hydrogens is 504 g/mol. The number of imidazole rings is 1. The summed E-state index contributed by atoms with van der Waals surface area (Å²) in [6, 6.07) is 40.6. The molecule has 6 aromatic carbocycles. The molecule has 194 valence electrons. The van der Waals surface area contributed by atoms with E-state index in [1.165, 1.54) is 10.8 Å². The highest BCUT2D eigenvalue weighted by Gasteiger charge is 2.30. The molecule has 0 saturated carbocycles. The molecule has 0 saturated heterocycles. The Hall–Kier alpha value is -5.35. The number of hydrogen-bond donors (Lipinski definition) is 0. The van der Waals surface area contributed by atoms with Crippen LogP contribution in [0.25, 0.3) is 82.8 Å². The van der Waals surface area contributed by atoms with E-state index in [0.717, 1.165) is 77.5 Å². The summed E-state index contributed by atoms with van der Waals surface area (Å²) in [5.41, 5.74) is 9.14. The Morgan fingerprint density at radius 3 is 2.20 bits per heavy atom. The predicted molar refractivity (Wildman–Crippen MR) is 167 cm³/mol. The van der Waals surface area contributed by atoms with Gasteiger partial charge in [-0.15, -0.1) is 0 Å². The van der Waals surface area contributed by atoms with E-state index in [-0.39, 0.29) is 0 Å². The Labute approximate surface area is 235 Å². The van der Waals surface area contributed by atoms with Crippen molar-refractivity contribution in [1.29, 1.82) is 0 Å². The number of hydrogen-bond acceptors (Lipinski definition) is 2. The molecule has 0 unspecified atom stereocenters. The number of nitrogens with zero attached hydrogens (tertiary/aromatic N) is 2. The number of para-hydroxylation sites is 3. The van der Waals surface area contributed by atoms with Gasteiger partial charge in [0.05, 0.1) is 7.05 Å². The summed E-state index contributed by atoms with van der Waals surface area (Å²) in [7, 11) is 2.14. The van der Waals surface area contributed by atoms with Crippen molar-refractivity contribution < 1.29 is 13.4 Å². The predicted octanol–water partition coefficient (Wildman–Crippen LogP) is 9.38. The summed E-state index contributed by atoms with van der Waals surface area (Å²) in [5.74, 6) is 1.06. The molecule has 3 heterocycles. The van der Waals surface area contributed by atoms with Crippen molar-refractivity contribution in [3.8, 4) is 17.1 Å². The Kier molecular flexibility index (Phi) is 4.43. The Morgan fingerprint density at radius 1 is 0.585 bits per heavy atom. The summed E-state index contributed by atoms with van der Waals surface area (Å²) >= 11 is 0. The molecular formula is C37H25N2O2+. The van der Waals surface area contributed by atoms with Crippen molar-refractivity contribution in [2.45, 2.75) is 6.92 Å². The van der Waals surface area contributed by atoms with Crippen molar-refractivity contribution in [1.82, 2.24) is 4.57 Å². The zero-order chi connectivity index (χ0) is 27.2. The summed E-state index contributed by atoms with van der Waals surface area (Å²) in [4.78, 5) is 0. The van der Waals surface area contributed by atoms with E-state index in [1.807, 2.05) is 12.1 Å². The van der Waals surface area contributed by atoms with Crippen molar-refractivity contribution in [2.24, 2.45) is 7.05 Å². The second-order valence-corrected chi connectivity index (χ2v) is 10.9. The van der Waals surface area contributed by atoms with Gasteiger partial charge in [0.2, 0.25) is 0 Å². The summed E-state index contributed by atoms with van der Waals surface area (Å²) < 4.78 is 17.7. The van der Waals surface area contributed by atoms with Crippen LogP contribution >= 0.6 is 0 Å². The van der Waals surface area contributed by atoms with Crippen LogP contribution in [0.4, 0.5) is 0 Å². The normalized spacial score (nSPS) is 12.1. The molecule has 3 aromatic heterocycles. The van der Waals surface area contributed by atoms with Crippen LogP contribution in [0.2, 0.25) is 0 Å². The Bertz CT molecular complexity index is 2510. The van der Waals surface area contributed by atoms with Crippen LogP contribution in [0, 0.1) is 6.92 Å². The van der Waals surface area contributed by atoms with E-state index in [2.05, 4.69) is 126 Å². The van der Waals surface area contributed by atoms with Crippen molar-refractivity contribution in [3.63, 3.8) is 0 Å². The molecule has 0 aliphatic rings. The highest BCUT2D eigenvalue weighted by Crippen LogP contribution is 2.40. The monoisotopic (exact) mass is 529 g/mol. The number of rotatable bonds is 2. The average molecular weight is 530 g/mol. The molecule has 9 aromatic rings. The van der Waals surface area contributed by atoms with Crippen LogP contribution in [0.3, 0.4) is 0 Å². The quantitative estimate of drug-likeness (QED) is 0.209. The van der Waals surface area contributed by atoms with Gasteiger partial charge in [0.1, 0.15) is 28.0 Å². The lowest BCUT2D eigenvalue weighted by Crippen LogP contribution is -2.30. The lowest BCUT2D eigenvalue weighted by molar-refractivity contribution is -0.633. The number of aromatic nitrogens is 2. The van der Waals surface area contributed by atoms with E-state index >= 15 is 0 Å². The third kappa shape index (κ3) is 3.07. The Balaban J connectivity index is 1.39. The van der Waals surface area contributed by atoms with Crippen LogP contribution in [0.5, 0.6) is 0 Å². The zero-order valence-electron chi connectivity index (χ0n) is 22.7. The summed E-state index contributed by atoms with van der Waals surface area (Å²) in [5, 5.41) is 6.89. The van der Waals surface area contributed by atoms with Crippen molar-refractivity contribution in [2.75, 3.05) is 0 Å². The molecule has 0 radical (unpaired) electrons. The van der Waals surface area contributed by atoms with Gasteiger partial charge in [-0.25, -0.2) is 4.57 Å². The first-order chi connectivity index (χ1) is 20.2. The van der Waals surface area contributed by atoms with Gasteiger partial charge in [0.15, 0.2) is 16.6 Å². The van der Waals surface area contributed by atoms with Gasteiger partial charge in [0.25, 0.3) is 5.82 Å². The van der Waals surface area contributed by atoms with E-state index in [9.17, 15) is 0 Å². The third-order valence-electron chi connectivity index (χ3n) is 8.57. The molecule has 0 bridgehead atoms. The lowest BCUT2D eigenvalue weighted by atomic mass is 10.0. The molecule has 41 heavy (non-hydrogen) atoms. The van der Waals surface area contributed by atoms with E-state index in [1.54, 1.807) is 0 Å². The van der Waals surface area contributed by atoms with Gasteiger partial charge in [-0.3, -0.25) is 0 Å². The minimum Gasteiger partial charge on any atom is -0.456 e. The standard InChI is InChI=1S/C37H25N2O2/c1-22-15-17-28-29-19-23-9-3-4-10-24(23)20-33(29)41-36(28)35(22)37-38(2)30-12-6-7-13-31(30)39(37)25-16-18-27-26-11-5-8-14-32(26)40-34(27)21-25/h3-21H,1-2H3/q+1. The van der Waals surface area contributed by atoms with Gasteiger partial charge in [-0.2, -0.15) is 4.57 Å². The highest BCUT2D eigenvalue weighted by molar-refractivity contribution is 6.13. The number of fused-ring (bicyclic) bond motifs is 8. The summed E-state index contributed by atoms with van der Waals surface area (Å²) in [6.45, 7) is 2.17. The summed E-state index contributed by atoms with van der Waals surface area (Å²) in [6.07, 6.45) is 0. The van der Waals surface area contributed by atoms with E-state index in [0.29, 0.717) is 0 Å². The topological polar surface area (TPSA) is 35.1 Å². The fraction of sp³-hybridized carbons (Fsp3) is 0.0541. The Morgan fingerprint density at radius 2 is 1.29 bits per heavy atom. The highest BCUT2D eigenvalue weighted by atomic mass is 16.3. The SMILES string of the molecule is Cc1ccc2c(oc3cc4ccccc4cc32)c1-c1n(-c2ccc3c(c2)oc2ccccc23)c2ccccc2[n+]1C. The van der Waals surface area contributed by atoms with Crippen LogP contribution < -0.4 is 4.57 Å². The molecule has 4 heteroatoms. The average Bonchev–Trinajstić information content (AvgIpc) is 3.65. The van der Waals surface area contributed by atoms with Gasteiger partial charge >= 0.3 is 0 Å². The minimum atomic E-state index is 0.875. The maximum atomic E-state index is 6.73. The maximum absolute atomic E-state index is 6.73. The minimum absolute atomic E-state index is 0.875. The second-order valence-electron chi connectivity index (χ2n) is 10.9. The smallest absolute Gasteiger partial charge is 0.298 e. The first-order valence-electron chi connectivity index (χ1n) is 13.9. The van der Waals surface area contributed by atoms with E-state index < -0.39 is 0 Å². The van der Waals surface area contributed by atoms with Gasteiger partial charge < -0.3 is 8.83 Å². The van der Waals surface area contributed by atoms with E-state index in [4.69, 9.17) is 8.83 Å². The fourth-order valence-corrected chi connectivity index (χ4v) is 6.61. The first-order valence-corrected chi connectivity index (χ1v) is 13.9.